The summed E-state index contributed by atoms with van der Waals surface area (Å²) >= 11 is 0. The van der Waals surface area contributed by atoms with Crippen LogP contribution in [0.4, 0.5) is 5.88 Å². The van der Waals surface area contributed by atoms with Gasteiger partial charge in [0.25, 0.3) is 11.3 Å². The van der Waals surface area contributed by atoms with Crippen molar-refractivity contribution in [3.8, 4) is 11.5 Å². The van der Waals surface area contributed by atoms with Gasteiger partial charge >= 0.3 is 0 Å². The van der Waals surface area contributed by atoms with Gasteiger partial charge in [0.15, 0.2) is 7.26 Å². The lowest BCUT2D eigenvalue weighted by Crippen LogP contribution is -2.68. The summed E-state index contributed by atoms with van der Waals surface area (Å²) in [5.74, 6) is 1.62. The Labute approximate surface area is 242 Å². The fraction of sp³-hybridized carbons (Fsp3) is 0.156. The topological polar surface area (TPSA) is 122 Å². The van der Waals surface area contributed by atoms with Crippen molar-refractivity contribution >= 4 is 34.5 Å². The molecule has 41 heavy (non-hydrogen) atoms. The predicted molar refractivity (Wildman–Crippen MR) is 153 cm³/mol. The van der Waals surface area contributed by atoms with Crippen molar-refractivity contribution < 1.29 is 33.3 Å². The first-order chi connectivity index (χ1) is 19.9. The molecule has 0 saturated carbocycles. The van der Waals surface area contributed by atoms with E-state index in [4.69, 9.17) is 28.0 Å². The molecule has 1 aliphatic rings. The average Bonchev–Trinajstić information content (AvgIpc) is 3.45. The van der Waals surface area contributed by atoms with Crippen LogP contribution in [0.2, 0.25) is 0 Å². The fourth-order valence-corrected chi connectivity index (χ4v) is 9.50. The Bertz CT molecular complexity index is 1410. The SMILES string of the molecule is [O-][Cl+3]([O-])([O-])[O-].c1ccc(-c2nc([P+](c3ccccc3)(c3ccccc3)c3ccccc3)c(N3CCCCC3)o2)cc1. The van der Waals surface area contributed by atoms with Crippen LogP contribution in [-0.2, 0) is 0 Å². The van der Waals surface area contributed by atoms with Gasteiger partial charge in [0.2, 0.25) is 5.89 Å². The molecule has 1 aromatic heterocycles. The first-order valence-corrected chi connectivity index (χ1v) is 16.4. The highest BCUT2D eigenvalue weighted by Crippen LogP contribution is 2.56. The Kier molecular flexibility index (Phi) is 9.15. The Morgan fingerprint density at radius 3 is 1.39 bits per heavy atom. The van der Waals surface area contributed by atoms with Crippen molar-refractivity contribution in [1.29, 1.82) is 0 Å². The largest absolute Gasteiger partial charge is 0.416 e. The van der Waals surface area contributed by atoms with Gasteiger partial charge in [0.1, 0.15) is 15.9 Å². The number of hydrogen-bond acceptors (Lipinski definition) is 7. The van der Waals surface area contributed by atoms with Gasteiger partial charge in [0.05, 0.1) is 0 Å². The molecule has 9 heteroatoms. The summed E-state index contributed by atoms with van der Waals surface area (Å²) < 4.78 is 40.7. The summed E-state index contributed by atoms with van der Waals surface area (Å²) in [5, 5.41) is 3.86. The number of nitrogens with zero attached hydrogens (tertiary/aromatic N) is 2. The van der Waals surface area contributed by atoms with Crippen molar-refractivity contribution in [2.45, 2.75) is 19.3 Å². The van der Waals surface area contributed by atoms with Gasteiger partial charge in [0, 0.05) is 18.7 Å². The third-order valence-electron chi connectivity index (χ3n) is 7.00. The summed E-state index contributed by atoms with van der Waals surface area (Å²) in [6, 6.07) is 43.1. The minimum absolute atomic E-state index is 0.693. The maximum absolute atomic E-state index is 8.49. The number of hydrogen-bond donors (Lipinski definition) is 0. The second-order valence-corrected chi connectivity index (χ2v) is 13.7. The van der Waals surface area contributed by atoms with Gasteiger partial charge in [-0.2, -0.15) is 4.98 Å². The van der Waals surface area contributed by atoms with Crippen LogP contribution >= 0.6 is 7.26 Å². The molecule has 7 nitrogen and oxygen atoms in total. The smallest absolute Gasteiger partial charge is 0.262 e. The molecular weight excluding hydrogens is 559 g/mol. The Morgan fingerprint density at radius 2 is 0.976 bits per heavy atom. The molecule has 1 saturated heterocycles. The van der Waals surface area contributed by atoms with E-state index in [2.05, 4.69) is 108 Å². The third kappa shape index (κ3) is 6.68. The van der Waals surface area contributed by atoms with E-state index in [1.54, 1.807) is 0 Å². The number of benzene rings is 4. The molecule has 0 amide bonds. The molecule has 1 aliphatic heterocycles. The number of rotatable bonds is 6. The standard InChI is InChI=1S/C32H30N2OP.ClHO4/c1-6-16-26(17-7-1)30-33-31(32(35-30)34-24-14-5-15-25-34)36(27-18-8-2-9-19-27,28-20-10-3-11-21-28)29-22-12-4-13-23-29;2-1(3,4)5/h1-4,6-13,16-23H,5,14-15,24-25H2;(H,2,3,4,5)/q+1;/p-1. The predicted octanol–water partition coefficient (Wildman–Crippen LogP) is 1.20. The lowest BCUT2D eigenvalue weighted by Gasteiger charge is -2.30. The summed E-state index contributed by atoms with van der Waals surface area (Å²) in [6.45, 7) is 1.99. The molecule has 0 bridgehead atoms. The summed E-state index contributed by atoms with van der Waals surface area (Å²) in [5.41, 5.74) is 2.07. The zero-order valence-electron chi connectivity index (χ0n) is 22.3. The van der Waals surface area contributed by atoms with Crippen molar-refractivity contribution in [2.75, 3.05) is 18.0 Å². The maximum atomic E-state index is 8.49. The van der Waals surface area contributed by atoms with Gasteiger partial charge < -0.3 is 9.32 Å². The van der Waals surface area contributed by atoms with Gasteiger partial charge in [-0.05, 0) is 67.8 Å². The van der Waals surface area contributed by atoms with Crippen LogP contribution in [0.1, 0.15) is 19.3 Å². The van der Waals surface area contributed by atoms with Crippen LogP contribution in [-0.4, -0.2) is 18.1 Å². The molecular formula is C32H30ClN2O5P. The molecule has 0 unspecified atom stereocenters. The number of piperidine rings is 1. The summed E-state index contributed by atoms with van der Waals surface area (Å²) in [7, 11) is -7.30. The fourth-order valence-electron chi connectivity index (χ4n) is 5.30. The number of halogens is 1. The van der Waals surface area contributed by atoms with E-state index >= 15 is 0 Å². The van der Waals surface area contributed by atoms with Gasteiger partial charge in [-0.3, -0.25) is 0 Å². The van der Waals surface area contributed by atoms with E-state index in [0.29, 0.717) is 5.89 Å². The van der Waals surface area contributed by atoms with Crippen LogP contribution in [0.25, 0.3) is 11.5 Å². The molecule has 0 aliphatic carbocycles. The van der Waals surface area contributed by atoms with Gasteiger partial charge in [-0.25, -0.2) is 18.6 Å². The van der Waals surface area contributed by atoms with E-state index in [1.807, 2.05) is 18.2 Å². The highest BCUT2D eigenvalue weighted by Gasteiger charge is 2.53. The minimum Gasteiger partial charge on any atom is -0.416 e. The first kappa shape index (κ1) is 29.0. The lowest BCUT2D eigenvalue weighted by molar-refractivity contribution is -2.00. The Hall–Kier alpha value is -3.55. The zero-order valence-corrected chi connectivity index (χ0v) is 24.0. The molecule has 0 atom stereocenters. The number of oxazole rings is 1. The Morgan fingerprint density at radius 1 is 0.585 bits per heavy atom. The van der Waals surface area contributed by atoms with Crippen LogP contribution in [0.3, 0.4) is 0 Å². The van der Waals surface area contributed by atoms with Crippen molar-refractivity contribution in [3.63, 3.8) is 0 Å². The van der Waals surface area contributed by atoms with Crippen LogP contribution in [0, 0.1) is 10.2 Å². The Balaban J connectivity index is 0.000000623. The summed E-state index contributed by atoms with van der Waals surface area (Å²) in [4.78, 5) is 7.83. The second-order valence-electron chi connectivity index (χ2n) is 9.62. The van der Waals surface area contributed by atoms with Crippen LogP contribution < -0.4 is 44.9 Å². The van der Waals surface area contributed by atoms with E-state index in [1.165, 1.54) is 35.2 Å². The van der Waals surface area contributed by atoms with Crippen molar-refractivity contribution in [2.24, 2.45) is 0 Å². The van der Waals surface area contributed by atoms with E-state index in [-0.39, 0.29) is 0 Å². The lowest BCUT2D eigenvalue weighted by atomic mass is 10.1. The summed E-state index contributed by atoms with van der Waals surface area (Å²) in [6.07, 6.45) is 3.62. The van der Waals surface area contributed by atoms with E-state index in [9.17, 15) is 0 Å². The van der Waals surface area contributed by atoms with Crippen molar-refractivity contribution in [3.05, 3.63) is 121 Å². The maximum Gasteiger partial charge on any atom is 0.262 e. The number of anilines is 1. The van der Waals surface area contributed by atoms with Crippen LogP contribution in [0.5, 0.6) is 0 Å². The molecule has 5 aromatic rings. The van der Waals surface area contributed by atoms with Gasteiger partial charge in [-0.1, -0.05) is 72.8 Å². The third-order valence-corrected chi connectivity index (χ3v) is 11.1. The average molecular weight is 589 g/mol. The molecule has 210 valence electrons. The van der Waals surface area contributed by atoms with E-state index < -0.39 is 17.5 Å². The minimum atomic E-state index is -4.94. The van der Waals surface area contributed by atoms with Gasteiger partial charge in [-0.15, -0.1) is 10.2 Å². The van der Waals surface area contributed by atoms with Crippen molar-refractivity contribution in [1.82, 2.24) is 4.98 Å². The monoisotopic (exact) mass is 588 g/mol. The normalized spacial score (nSPS) is 13.8. The van der Waals surface area contributed by atoms with E-state index in [0.717, 1.165) is 30.0 Å². The first-order valence-electron chi connectivity index (χ1n) is 13.4. The highest BCUT2D eigenvalue weighted by atomic mass is 35.7. The molecule has 0 N–H and O–H groups in total. The molecule has 2 heterocycles. The second kappa shape index (κ2) is 13.0. The molecule has 0 spiro atoms. The molecule has 0 radical (unpaired) electrons. The molecule has 1 fully saturated rings. The molecule has 6 rings (SSSR count). The van der Waals surface area contributed by atoms with Crippen LogP contribution in [0.15, 0.2) is 126 Å². The zero-order chi connectivity index (χ0) is 28.7. The number of aromatic nitrogens is 1. The highest BCUT2D eigenvalue weighted by molar-refractivity contribution is 8.01. The molecule has 4 aromatic carbocycles. The quantitative estimate of drug-likeness (QED) is 0.273.